The zero-order valence-corrected chi connectivity index (χ0v) is 17.1. The fourth-order valence-electron chi connectivity index (χ4n) is 3.56. The molecule has 3 rings (SSSR count). The lowest BCUT2D eigenvalue weighted by Gasteiger charge is -2.29. The second-order valence-electron chi connectivity index (χ2n) is 7.14. The third kappa shape index (κ3) is 4.73. The van der Waals surface area contributed by atoms with Crippen molar-refractivity contribution in [3.8, 4) is 0 Å². The summed E-state index contributed by atoms with van der Waals surface area (Å²) < 4.78 is 1.55. The van der Waals surface area contributed by atoms with Gasteiger partial charge in [0, 0.05) is 12.6 Å². The number of benzene rings is 1. The van der Waals surface area contributed by atoms with E-state index in [4.69, 9.17) is 0 Å². The maximum absolute atomic E-state index is 12.6. The fourth-order valence-corrected chi connectivity index (χ4v) is 4.43. The molecule has 0 saturated heterocycles. The smallest absolute Gasteiger partial charge is 0.321 e. The lowest BCUT2D eigenvalue weighted by Crippen LogP contribution is -2.48. The molecule has 1 aliphatic carbocycles. The summed E-state index contributed by atoms with van der Waals surface area (Å²) in [5.74, 6) is 0.0269. The second kappa shape index (κ2) is 9.23. The highest BCUT2D eigenvalue weighted by Crippen LogP contribution is 2.23. The SMILES string of the molecule is CCn1c(SCC(=O)NC(=O)N[C@@H]2CCCC[C@@H]2C)nc2ccccc2c1=O. The van der Waals surface area contributed by atoms with Gasteiger partial charge in [-0.15, -0.1) is 0 Å². The van der Waals surface area contributed by atoms with E-state index in [1.165, 1.54) is 6.42 Å². The number of imide groups is 1. The summed E-state index contributed by atoms with van der Waals surface area (Å²) in [5, 5.41) is 6.31. The number of amides is 3. The Morgan fingerprint density at radius 2 is 2.00 bits per heavy atom. The van der Waals surface area contributed by atoms with E-state index in [9.17, 15) is 14.4 Å². The third-order valence-electron chi connectivity index (χ3n) is 5.16. The number of hydrogen-bond acceptors (Lipinski definition) is 5. The molecule has 2 N–H and O–H groups in total. The van der Waals surface area contributed by atoms with Gasteiger partial charge in [-0.2, -0.15) is 0 Å². The van der Waals surface area contributed by atoms with Gasteiger partial charge in [0.25, 0.3) is 5.56 Å². The Balaban J connectivity index is 1.61. The van der Waals surface area contributed by atoms with E-state index < -0.39 is 11.9 Å². The molecule has 28 heavy (non-hydrogen) atoms. The molecule has 0 unspecified atom stereocenters. The summed E-state index contributed by atoms with van der Waals surface area (Å²) in [4.78, 5) is 41.4. The van der Waals surface area contributed by atoms with Crippen molar-refractivity contribution in [2.45, 2.75) is 57.3 Å². The van der Waals surface area contributed by atoms with E-state index in [1.807, 2.05) is 13.0 Å². The number of carbonyl (C=O) groups excluding carboxylic acids is 2. The molecule has 0 spiro atoms. The molecular formula is C20H26N4O3S. The van der Waals surface area contributed by atoms with Gasteiger partial charge in [0.05, 0.1) is 16.7 Å². The highest BCUT2D eigenvalue weighted by molar-refractivity contribution is 7.99. The molecule has 3 amide bonds. The van der Waals surface area contributed by atoms with Crippen LogP contribution in [-0.2, 0) is 11.3 Å². The van der Waals surface area contributed by atoms with Crippen LogP contribution in [-0.4, -0.2) is 33.3 Å². The van der Waals surface area contributed by atoms with Crippen LogP contribution in [0.2, 0.25) is 0 Å². The number of hydrogen-bond donors (Lipinski definition) is 2. The van der Waals surface area contributed by atoms with Crippen LogP contribution >= 0.6 is 11.8 Å². The molecule has 7 nitrogen and oxygen atoms in total. The Labute approximate surface area is 168 Å². The number of aromatic nitrogens is 2. The molecule has 2 aromatic rings. The first kappa shape index (κ1) is 20.4. The standard InChI is InChI=1S/C20H26N4O3S/c1-3-24-18(26)14-9-5-7-11-16(14)22-20(24)28-12-17(25)23-19(27)21-15-10-6-4-8-13(15)2/h5,7,9,11,13,15H,3-4,6,8,10,12H2,1-2H3,(H2,21,23,25,27)/t13-,15+/m0/s1. The van der Waals surface area contributed by atoms with E-state index in [0.29, 0.717) is 28.5 Å². The van der Waals surface area contributed by atoms with Crippen LogP contribution < -0.4 is 16.2 Å². The Morgan fingerprint density at radius 3 is 2.75 bits per heavy atom. The van der Waals surface area contributed by atoms with Crippen LogP contribution in [0.1, 0.15) is 39.5 Å². The zero-order chi connectivity index (χ0) is 20.1. The van der Waals surface area contributed by atoms with Crippen molar-refractivity contribution in [1.82, 2.24) is 20.2 Å². The van der Waals surface area contributed by atoms with Crippen LogP contribution in [0.3, 0.4) is 0 Å². The van der Waals surface area contributed by atoms with Crippen LogP contribution in [0.25, 0.3) is 10.9 Å². The molecule has 0 bridgehead atoms. The maximum Gasteiger partial charge on any atom is 0.321 e. The third-order valence-corrected chi connectivity index (χ3v) is 6.13. The average Bonchev–Trinajstić information content (AvgIpc) is 2.68. The fraction of sp³-hybridized carbons (Fsp3) is 0.500. The first-order valence-electron chi connectivity index (χ1n) is 9.72. The zero-order valence-electron chi connectivity index (χ0n) is 16.2. The number of nitrogens with one attached hydrogen (secondary N) is 2. The van der Waals surface area contributed by atoms with E-state index >= 15 is 0 Å². The van der Waals surface area contributed by atoms with E-state index in [0.717, 1.165) is 31.0 Å². The summed E-state index contributed by atoms with van der Waals surface area (Å²) in [7, 11) is 0. The largest absolute Gasteiger partial charge is 0.335 e. The van der Waals surface area contributed by atoms with Gasteiger partial charge in [-0.05, 0) is 37.8 Å². The lowest BCUT2D eigenvalue weighted by atomic mass is 9.86. The first-order valence-corrected chi connectivity index (χ1v) is 10.7. The summed E-state index contributed by atoms with van der Waals surface area (Å²) in [5.41, 5.74) is 0.476. The monoisotopic (exact) mass is 402 g/mol. The minimum Gasteiger partial charge on any atom is -0.335 e. The molecule has 0 radical (unpaired) electrons. The number of nitrogens with zero attached hydrogens (tertiary/aromatic N) is 2. The molecule has 1 aliphatic rings. The molecule has 1 fully saturated rings. The van der Waals surface area contributed by atoms with Crippen molar-refractivity contribution in [3.05, 3.63) is 34.6 Å². The van der Waals surface area contributed by atoms with Gasteiger partial charge in [0.15, 0.2) is 5.16 Å². The Morgan fingerprint density at radius 1 is 1.25 bits per heavy atom. The average molecular weight is 403 g/mol. The summed E-state index contributed by atoms with van der Waals surface area (Å²) in [6.45, 7) is 4.44. The van der Waals surface area contributed by atoms with Gasteiger partial charge < -0.3 is 5.32 Å². The number of fused-ring (bicyclic) bond motifs is 1. The summed E-state index contributed by atoms with van der Waals surface area (Å²) in [6, 6.07) is 6.81. The van der Waals surface area contributed by atoms with Gasteiger partial charge in [-0.25, -0.2) is 9.78 Å². The minimum atomic E-state index is -0.455. The van der Waals surface area contributed by atoms with Crippen LogP contribution in [0.5, 0.6) is 0 Å². The molecule has 150 valence electrons. The maximum atomic E-state index is 12.6. The molecule has 1 aromatic carbocycles. The Bertz CT molecular complexity index is 927. The van der Waals surface area contributed by atoms with Crippen molar-refractivity contribution >= 4 is 34.6 Å². The highest BCUT2D eigenvalue weighted by Gasteiger charge is 2.23. The quantitative estimate of drug-likeness (QED) is 0.592. The predicted octanol–water partition coefficient (Wildman–Crippen LogP) is 2.91. The minimum absolute atomic E-state index is 0.0123. The van der Waals surface area contributed by atoms with E-state index in [-0.39, 0.29) is 17.4 Å². The van der Waals surface area contributed by atoms with Crippen LogP contribution in [0, 0.1) is 5.92 Å². The van der Waals surface area contributed by atoms with Crippen molar-refractivity contribution in [2.75, 3.05) is 5.75 Å². The number of para-hydroxylation sites is 1. The molecule has 1 saturated carbocycles. The van der Waals surface area contributed by atoms with Crippen LogP contribution in [0.4, 0.5) is 4.79 Å². The van der Waals surface area contributed by atoms with Gasteiger partial charge in [-0.3, -0.25) is 19.5 Å². The molecule has 1 heterocycles. The number of rotatable bonds is 5. The summed E-state index contributed by atoms with van der Waals surface area (Å²) in [6.07, 6.45) is 4.33. The Kier molecular flexibility index (Phi) is 6.72. The van der Waals surface area contributed by atoms with Crippen molar-refractivity contribution in [1.29, 1.82) is 0 Å². The molecular weight excluding hydrogens is 376 g/mol. The van der Waals surface area contributed by atoms with Gasteiger partial charge in [-0.1, -0.05) is 43.7 Å². The van der Waals surface area contributed by atoms with E-state index in [2.05, 4.69) is 22.5 Å². The molecule has 1 aromatic heterocycles. The predicted molar refractivity (Wildman–Crippen MR) is 110 cm³/mol. The first-order chi connectivity index (χ1) is 13.5. The molecule has 8 heteroatoms. The van der Waals surface area contributed by atoms with Crippen molar-refractivity contribution in [2.24, 2.45) is 5.92 Å². The van der Waals surface area contributed by atoms with Crippen molar-refractivity contribution < 1.29 is 9.59 Å². The topological polar surface area (TPSA) is 93.1 Å². The lowest BCUT2D eigenvalue weighted by molar-refractivity contribution is -0.117. The Hall–Kier alpha value is -2.35. The normalized spacial score (nSPS) is 19.4. The molecule has 0 aliphatic heterocycles. The number of carbonyl (C=O) groups is 2. The summed E-state index contributed by atoms with van der Waals surface area (Å²) >= 11 is 1.16. The van der Waals surface area contributed by atoms with Crippen LogP contribution in [0.15, 0.2) is 34.2 Å². The number of urea groups is 1. The van der Waals surface area contributed by atoms with Gasteiger partial charge in [0.1, 0.15) is 0 Å². The molecule has 2 atom stereocenters. The number of thioether (sulfide) groups is 1. The van der Waals surface area contributed by atoms with Crippen molar-refractivity contribution in [3.63, 3.8) is 0 Å². The van der Waals surface area contributed by atoms with E-state index in [1.54, 1.807) is 22.8 Å². The second-order valence-corrected chi connectivity index (χ2v) is 8.08. The van der Waals surface area contributed by atoms with Gasteiger partial charge in [0.2, 0.25) is 5.91 Å². The highest BCUT2D eigenvalue weighted by atomic mass is 32.2. The van der Waals surface area contributed by atoms with Gasteiger partial charge >= 0.3 is 6.03 Å².